The van der Waals surface area contributed by atoms with Crippen molar-refractivity contribution in [3.63, 3.8) is 0 Å². The van der Waals surface area contributed by atoms with E-state index < -0.39 is 11.9 Å². The number of aromatic nitrogens is 4. The first-order valence-electron chi connectivity index (χ1n) is 5.88. The molecule has 6 N–H and O–H groups in total. The number of rotatable bonds is 3. The number of nitrogens with zero attached hydrogens (tertiary/aromatic N) is 4. The predicted octanol–water partition coefficient (Wildman–Crippen LogP) is 0.0534. The van der Waals surface area contributed by atoms with E-state index in [9.17, 15) is 9.59 Å². The fourth-order valence-corrected chi connectivity index (χ4v) is 0.835. The van der Waals surface area contributed by atoms with Gasteiger partial charge in [0.15, 0.2) is 0 Å². The standard InChI is InChI=1S/2C4H5N3.C4H6O4/c2*5-4-3-6-1-2-7-4;5-3(6)1-2-4(7)8/h2*1-3H,(H2,5,7);1-2H2,(H,5,6)(H,7,8). The predicted molar refractivity (Wildman–Crippen MR) is 77.4 cm³/mol. The lowest BCUT2D eigenvalue weighted by molar-refractivity contribution is -0.143. The molecule has 0 aliphatic carbocycles. The number of hydrogen-bond acceptors (Lipinski definition) is 8. The van der Waals surface area contributed by atoms with E-state index in [-0.39, 0.29) is 12.8 Å². The van der Waals surface area contributed by atoms with Crippen LogP contribution < -0.4 is 11.5 Å². The molecule has 2 aromatic rings. The second-order valence-corrected chi connectivity index (χ2v) is 3.55. The van der Waals surface area contributed by atoms with Crippen LogP contribution >= 0.6 is 0 Å². The van der Waals surface area contributed by atoms with Crippen molar-refractivity contribution in [2.24, 2.45) is 0 Å². The topological polar surface area (TPSA) is 178 Å². The maximum absolute atomic E-state index is 9.64. The van der Waals surface area contributed by atoms with E-state index in [2.05, 4.69) is 19.9 Å². The maximum atomic E-state index is 9.64. The van der Waals surface area contributed by atoms with Crippen molar-refractivity contribution in [2.45, 2.75) is 12.8 Å². The molecule has 0 fully saturated rings. The minimum absolute atomic E-state index is 0.296. The highest BCUT2D eigenvalue weighted by atomic mass is 16.4. The quantitative estimate of drug-likeness (QED) is 0.605. The van der Waals surface area contributed by atoms with Gasteiger partial charge in [0.1, 0.15) is 11.6 Å². The molecule has 0 bridgehead atoms. The van der Waals surface area contributed by atoms with Crippen molar-refractivity contribution in [3.8, 4) is 0 Å². The highest BCUT2D eigenvalue weighted by molar-refractivity contribution is 5.75. The zero-order chi connectivity index (χ0) is 16.8. The molecule has 2 heterocycles. The lowest BCUT2D eigenvalue weighted by atomic mass is 10.3. The molecule has 10 nitrogen and oxygen atoms in total. The minimum Gasteiger partial charge on any atom is -0.481 e. The van der Waals surface area contributed by atoms with Gasteiger partial charge in [0.2, 0.25) is 0 Å². The summed E-state index contributed by atoms with van der Waals surface area (Å²) in [5.41, 5.74) is 10.4. The van der Waals surface area contributed by atoms with Gasteiger partial charge < -0.3 is 21.7 Å². The van der Waals surface area contributed by atoms with Crippen molar-refractivity contribution >= 4 is 23.6 Å². The summed E-state index contributed by atoms with van der Waals surface area (Å²) in [7, 11) is 0. The van der Waals surface area contributed by atoms with Crippen LogP contribution in [0.4, 0.5) is 11.6 Å². The molecule has 2 rings (SSSR count). The zero-order valence-corrected chi connectivity index (χ0v) is 11.5. The summed E-state index contributed by atoms with van der Waals surface area (Å²) in [6.07, 6.45) is 8.67. The van der Waals surface area contributed by atoms with E-state index in [4.69, 9.17) is 21.7 Å². The van der Waals surface area contributed by atoms with Crippen LogP contribution in [0.25, 0.3) is 0 Å². The summed E-state index contributed by atoms with van der Waals surface area (Å²) in [6, 6.07) is 0. The molecule has 0 unspecified atom stereocenters. The molecule has 0 aromatic carbocycles. The van der Waals surface area contributed by atoms with E-state index in [0.717, 1.165) is 0 Å². The Morgan fingerprint density at radius 3 is 1.32 bits per heavy atom. The van der Waals surface area contributed by atoms with Gasteiger partial charge in [-0.05, 0) is 0 Å². The number of hydrogen-bond donors (Lipinski definition) is 4. The Balaban J connectivity index is 0.000000301. The molecule has 10 heteroatoms. The van der Waals surface area contributed by atoms with Crippen LogP contribution in [-0.4, -0.2) is 42.1 Å². The zero-order valence-electron chi connectivity index (χ0n) is 11.5. The van der Waals surface area contributed by atoms with E-state index in [1.807, 2.05) is 0 Å². The second-order valence-electron chi connectivity index (χ2n) is 3.55. The van der Waals surface area contributed by atoms with Gasteiger partial charge in [-0.2, -0.15) is 0 Å². The highest BCUT2D eigenvalue weighted by Gasteiger charge is 2.00. The fraction of sp³-hybridized carbons (Fsp3) is 0.167. The Morgan fingerprint density at radius 2 is 1.18 bits per heavy atom. The Labute approximate surface area is 125 Å². The van der Waals surface area contributed by atoms with E-state index in [1.54, 1.807) is 24.8 Å². The summed E-state index contributed by atoms with van der Waals surface area (Å²) in [5.74, 6) is -1.23. The molecule has 22 heavy (non-hydrogen) atoms. The molecule has 118 valence electrons. The highest BCUT2D eigenvalue weighted by Crippen LogP contribution is 1.86. The van der Waals surface area contributed by atoms with E-state index in [0.29, 0.717) is 11.6 Å². The smallest absolute Gasteiger partial charge is 0.303 e. The number of nitrogens with two attached hydrogens (primary N) is 2. The molecule has 0 radical (unpaired) electrons. The summed E-state index contributed by atoms with van der Waals surface area (Å²) >= 11 is 0. The molecule has 2 aromatic heterocycles. The monoisotopic (exact) mass is 308 g/mol. The molecule has 0 spiro atoms. The third-order valence-electron chi connectivity index (χ3n) is 1.72. The lowest BCUT2D eigenvalue weighted by Crippen LogP contribution is -2.00. The molecular weight excluding hydrogens is 292 g/mol. The summed E-state index contributed by atoms with van der Waals surface area (Å²) in [4.78, 5) is 34.1. The number of nitrogen functional groups attached to an aromatic ring is 2. The molecule has 0 atom stereocenters. The SMILES string of the molecule is Nc1cnccn1.Nc1cnccn1.O=C(O)CCC(=O)O. The number of aliphatic carboxylic acids is 2. The van der Waals surface area contributed by atoms with Gasteiger partial charge in [-0.1, -0.05) is 0 Å². The Bertz CT molecular complexity index is 501. The molecule has 0 saturated heterocycles. The Morgan fingerprint density at radius 1 is 0.818 bits per heavy atom. The van der Waals surface area contributed by atoms with Gasteiger partial charge in [0.05, 0.1) is 25.2 Å². The van der Waals surface area contributed by atoms with Crippen molar-refractivity contribution in [1.82, 2.24) is 19.9 Å². The van der Waals surface area contributed by atoms with Gasteiger partial charge in [-0.3, -0.25) is 19.6 Å². The average molecular weight is 308 g/mol. The summed E-state index contributed by atoms with van der Waals surface area (Å²) in [6.45, 7) is 0. The molecular formula is C12H16N6O4. The molecule has 0 aliphatic rings. The van der Waals surface area contributed by atoms with Crippen LogP contribution in [0.2, 0.25) is 0 Å². The maximum Gasteiger partial charge on any atom is 0.303 e. The van der Waals surface area contributed by atoms with Crippen LogP contribution in [0.5, 0.6) is 0 Å². The molecule has 0 aliphatic heterocycles. The molecule has 0 saturated carbocycles. The van der Waals surface area contributed by atoms with Crippen molar-refractivity contribution in [2.75, 3.05) is 11.5 Å². The van der Waals surface area contributed by atoms with Crippen LogP contribution in [0.15, 0.2) is 37.2 Å². The Hall–Kier alpha value is -3.30. The minimum atomic E-state index is -1.08. The van der Waals surface area contributed by atoms with Gasteiger partial charge in [0.25, 0.3) is 0 Å². The van der Waals surface area contributed by atoms with Crippen LogP contribution in [-0.2, 0) is 9.59 Å². The first-order valence-corrected chi connectivity index (χ1v) is 5.88. The van der Waals surface area contributed by atoms with Crippen molar-refractivity contribution in [1.29, 1.82) is 0 Å². The molecule has 0 amide bonds. The number of carboxylic acid groups (broad SMARTS) is 2. The summed E-state index contributed by atoms with van der Waals surface area (Å²) in [5, 5.41) is 15.8. The fourth-order valence-electron chi connectivity index (χ4n) is 0.835. The number of carboxylic acids is 2. The second kappa shape index (κ2) is 11.5. The summed E-state index contributed by atoms with van der Waals surface area (Å²) < 4.78 is 0. The lowest BCUT2D eigenvalue weighted by Gasteiger charge is -1.85. The van der Waals surface area contributed by atoms with Gasteiger partial charge >= 0.3 is 11.9 Å². The third-order valence-corrected chi connectivity index (χ3v) is 1.72. The van der Waals surface area contributed by atoms with Crippen LogP contribution in [0, 0.1) is 0 Å². The third kappa shape index (κ3) is 13.1. The van der Waals surface area contributed by atoms with Crippen LogP contribution in [0.3, 0.4) is 0 Å². The Kier molecular flexibility index (Phi) is 9.79. The first kappa shape index (κ1) is 18.7. The van der Waals surface area contributed by atoms with Gasteiger partial charge in [-0.25, -0.2) is 9.97 Å². The van der Waals surface area contributed by atoms with Crippen molar-refractivity contribution in [3.05, 3.63) is 37.2 Å². The van der Waals surface area contributed by atoms with E-state index >= 15 is 0 Å². The largest absolute Gasteiger partial charge is 0.481 e. The van der Waals surface area contributed by atoms with Gasteiger partial charge in [0, 0.05) is 24.8 Å². The van der Waals surface area contributed by atoms with E-state index in [1.165, 1.54) is 12.4 Å². The normalized spacial score (nSPS) is 8.55. The number of carbonyl (C=O) groups is 2. The van der Waals surface area contributed by atoms with Crippen LogP contribution in [0.1, 0.15) is 12.8 Å². The first-order chi connectivity index (χ1) is 10.4. The van der Waals surface area contributed by atoms with Crippen molar-refractivity contribution < 1.29 is 19.8 Å². The van der Waals surface area contributed by atoms with Gasteiger partial charge in [-0.15, -0.1) is 0 Å². The number of anilines is 2. The average Bonchev–Trinajstić information content (AvgIpc) is 2.48.